The van der Waals surface area contributed by atoms with E-state index in [1.807, 2.05) is 57.5 Å². The molecule has 0 aromatic heterocycles. The van der Waals surface area contributed by atoms with Gasteiger partial charge in [0.2, 0.25) is 30.1 Å². The molecule has 686 valence electrons. The summed E-state index contributed by atoms with van der Waals surface area (Å²) >= 11 is 38.8. The lowest BCUT2D eigenvalue weighted by Crippen LogP contribution is -2.41. The molecule has 6 aromatic rings. The minimum atomic E-state index is -3.83. The second-order valence-corrected chi connectivity index (χ2v) is 37.8. The van der Waals surface area contributed by atoms with Crippen LogP contribution >= 0.6 is 69.6 Å². The molecule has 6 aromatic carbocycles. The highest BCUT2D eigenvalue weighted by Crippen LogP contribution is 2.42. The third kappa shape index (κ3) is 34.8. The highest BCUT2D eigenvalue weighted by Gasteiger charge is 2.32. The molecule has 9 N–H and O–H groups in total. The van der Waals surface area contributed by atoms with E-state index in [1.54, 1.807) is 72.8 Å². The van der Waals surface area contributed by atoms with Crippen LogP contribution < -0.4 is 46.1 Å². The first-order chi connectivity index (χ1) is 59.7. The van der Waals surface area contributed by atoms with Crippen molar-refractivity contribution in [3.8, 4) is 0 Å². The first kappa shape index (κ1) is 102. The third-order valence-electron chi connectivity index (χ3n) is 20.4. The summed E-state index contributed by atoms with van der Waals surface area (Å²) in [5, 5.41) is 20.4. The number of fused-ring (bicyclic) bond motifs is 3. The van der Waals surface area contributed by atoms with Crippen LogP contribution in [0.5, 0.6) is 0 Å². The number of benzene rings is 6. The molecule has 31 nitrogen and oxygen atoms in total. The highest BCUT2D eigenvalue weighted by molar-refractivity contribution is 7.90. The second-order valence-electron chi connectivity index (χ2n) is 30.0. The summed E-state index contributed by atoms with van der Waals surface area (Å²) in [7, 11) is -5.49. The Morgan fingerprint density at radius 2 is 0.565 bits per heavy atom. The van der Waals surface area contributed by atoms with Gasteiger partial charge in [0.15, 0.2) is 0 Å². The number of halogens is 6. The minimum absolute atomic E-state index is 0.0662. The number of nitrogens with one attached hydrogen (secondary N) is 9. The Kier molecular flexibility index (Phi) is 44.3. The van der Waals surface area contributed by atoms with Crippen molar-refractivity contribution in [3.05, 3.63) is 189 Å². The van der Waals surface area contributed by atoms with Crippen molar-refractivity contribution in [2.24, 2.45) is 0 Å². The van der Waals surface area contributed by atoms with Crippen LogP contribution in [0.15, 0.2) is 124 Å². The smallest absolute Gasteiger partial charge is 0.314 e. The molecule has 3 heterocycles. The maximum atomic E-state index is 13.3. The normalized spacial score (nSPS) is 15.8. The standard InChI is InChI=1S/C84H117Cl6N13O18S3/c1-100-55-73(70-49-64(85)52-79(88)76(70)58-100)61-10-4-13-67(46-61)122(107,108)97-22-31-116-37-43-119-40-34-113-28-19-94-82(104)91-16-7-25-103(26-8-17-92-83(105)95-20-29-114-35-41-120-44-38-117-32-23-98-123(109,110)68-14-5-11-62(47-68)74-56-101(2)59-77-71(74)50-65(86)53-80(77)89)27-9-18-93-84(106)96-21-30-115-36-42-121-45-39-118-33-24-99-124(111,112)69-15-6-12-63(48-69)75-57-102(3)60-78-72(75)51-66(87)54-81(78)90/h4-6,10-15,46-54,73-75,97-99H,7-9,16-45,55-60H2,1-3H3,(H2,91,94,104)(H2,92,95,105)(H2,93,96,106)/t73-,74-,75-/m0/s1. The third-order valence-corrected chi connectivity index (χ3v) is 26.5. The molecule has 0 saturated heterocycles. The number of carbonyl (C=O) groups excluding carboxylic acids is 3. The minimum Gasteiger partial charge on any atom is -0.378 e. The number of sulfonamides is 3. The van der Waals surface area contributed by atoms with Gasteiger partial charge in [-0.25, -0.2) is 53.8 Å². The number of rotatable bonds is 57. The van der Waals surface area contributed by atoms with Crippen LogP contribution in [0.25, 0.3) is 0 Å². The summed E-state index contributed by atoms with van der Waals surface area (Å²) < 4.78 is 138. The van der Waals surface area contributed by atoms with Crippen molar-refractivity contribution in [1.29, 1.82) is 0 Å². The molecule has 6 amide bonds. The zero-order chi connectivity index (χ0) is 88.7. The second kappa shape index (κ2) is 53.9. The first-order valence-corrected chi connectivity index (χ1v) is 48.2. The van der Waals surface area contributed by atoms with Gasteiger partial charge >= 0.3 is 18.1 Å². The van der Waals surface area contributed by atoms with E-state index in [2.05, 4.69) is 65.7 Å². The predicted molar refractivity (Wildman–Crippen MR) is 481 cm³/mol. The van der Waals surface area contributed by atoms with E-state index in [-0.39, 0.29) is 209 Å². The van der Waals surface area contributed by atoms with E-state index in [4.69, 9.17) is 112 Å². The van der Waals surface area contributed by atoms with Crippen LogP contribution in [0, 0.1) is 0 Å². The van der Waals surface area contributed by atoms with Crippen LogP contribution in [-0.2, 0) is 92.3 Å². The van der Waals surface area contributed by atoms with Gasteiger partial charge in [0.05, 0.1) is 134 Å². The molecule has 0 fully saturated rings. The summed E-state index contributed by atoms with van der Waals surface area (Å²) in [4.78, 5) is 47.1. The predicted octanol–water partition coefficient (Wildman–Crippen LogP) is 9.09. The lowest BCUT2D eigenvalue weighted by molar-refractivity contribution is 0.0165. The summed E-state index contributed by atoms with van der Waals surface area (Å²) in [5.41, 5.74) is 8.41. The molecule has 0 spiro atoms. The molecular weight excluding hydrogens is 1790 g/mol. The quantitative estimate of drug-likeness (QED) is 0.0161. The van der Waals surface area contributed by atoms with E-state index in [0.717, 1.165) is 50.1 Å². The van der Waals surface area contributed by atoms with Crippen molar-refractivity contribution < 1.29 is 82.3 Å². The fourth-order valence-corrected chi connectivity index (χ4v) is 19.4. The molecule has 3 aliphatic heterocycles. The summed E-state index contributed by atoms with van der Waals surface area (Å²) in [6, 6.07) is 30.5. The number of hydrogen-bond acceptors (Lipinski definition) is 22. The Bertz CT molecular complexity index is 4260. The highest BCUT2D eigenvalue weighted by atomic mass is 35.5. The van der Waals surface area contributed by atoms with E-state index in [9.17, 15) is 39.6 Å². The van der Waals surface area contributed by atoms with Crippen molar-refractivity contribution in [2.75, 3.05) is 238 Å². The largest absolute Gasteiger partial charge is 0.378 e. The van der Waals surface area contributed by atoms with E-state index < -0.39 is 30.1 Å². The molecule has 0 radical (unpaired) electrons. The van der Waals surface area contributed by atoms with Gasteiger partial charge in [0.25, 0.3) is 0 Å². The molecular formula is C84H117Cl6N13O18S3. The van der Waals surface area contributed by atoms with Gasteiger partial charge in [0, 0.05) is 146 Å². The fraction of sp³-hybridized carbons (Fsp3) is 0.536. The molecule has 124 heavy (non-hydrogen) atoms. The van der Waals surface area contributed by atoms with Crippen LogP contribution in [-0.4, -0.2) is 301 Å². The number of nitrogens with zero attached hydrogens (tertiary/aromatic N) is 4. The number of ether oxygens (including phenoxy) is 9. The SMILES string of the molecule is CN1Cc2c(Cl)cc(Cl)cc2[C@H](c2cccc(S(=O)(=O)NCCOCCOCCOCCNC(=O)NCCCN(CCCNC(=O)NCCOCCOCCOCCNS(=O)(=O)c3cccc([C@@H]4CN(C)Cc5c(Cl)cc(Cl)cc54)c3)CCCNC(=O)NCCOCCOCCOCCNS(=O)(=O)c3cccc([C@@H]4CN(C)Cc5c(Cl)cc(Cl)cc54)c3)c2)C1. The van der Waals surface area contributed by atoms with Crippen molar-refractivity contribution in [2.45, 2.75) is 71.3 Å². The maximum Gasteiger partial charge on any atom is 0.314 e. The number of urea groups is 3. The summed E-state index contributed by atoms with van der Waals surface area (Å²) in [5.74, 6) is -0.343. The number of hydrogen-bond donors (Lipinski definition) is 9. The lowest BCUT2D eigenvalue weighted by Gasteiger charge is -2.33. The van der Waals surface area contributed by atoms with Crippen molar-refractivity contribution in [1.82, 2.24) is 65.7 Å². The zero-order valence-electron chi connectivity index (χ0n) is 70.3. The van der Waals surface area contributed by atoms with E-state index >= 15 is 0 Å². The number of likely N-dealkylation sites (N-methyl/N-ethyl adjacent to an activating group) is 3. The van der Waals surface area contributed by atoms with Crippen molar-refractivity contribution in [3.63, 3.8) is 0 Å². The Morgan fingerprint density at radius 1 is 0.331 bits per heavy atom. The number of amides is 6. The van der Waals surface area contributed by atoms with Crippen molar-refractivity contribution >= 4 is 118 Å². The Balaban J connectivity index is 0.584. The maximum absolute atomic E-state index is 13.3. The number of carbonyl (C=O) groups is 3. The van der Waals surface area contributed by atoms with Gasteiger partial charge in [-0.2, -0.15) is 0 Å². The van der Waals surface area contributed by atoms with Crippen LogP contribution in [0.1, 0.15) is 87.1 Å². The van der Waals surface area contributed by atoms with Crippen LogP contribution in [0.3, 0.4) is 0 Å². The zero-order valence-corrected chi connectivity index (χ0v) is 77.3. The average Bonchev–Trinajstić information content (AvgIpc) is 0.781. The van der Waals surface area contributed by atoms with E-state index in [0.29, 0.717) is 128 Å². The van der Waals surface area contributed by atoms with Gasteiger partial charge in [0.1, 0.15) is 0 Å². The molecule has 3 aliphatic rings. The Hall–Kier alpha value is -5.92. The Morgan fingerprint density at radius 3 is 0.823 bits per heavy atom. The lowest BCUT2D eigenvalue weighted by atomic mass is 9.85. The van der Waals surface area contributed by atoms with Gasteiger partial charge in [-0.1, -0.05) is 106 Å². The topological polar surface area (TPSA) is 358 Å². The fourth-order valence-electron chi connectivity index (χ4n) is 14.5. The first-order valence-electron chi connectivity index (χ1n) is 41.5. The van der Waals surface area contributed by atoms with Crippen LogP contribution in [0.4, 0.5) is 14.4 Å². The monoisotopic (exact) mass is 1900 g/mol. The Labute approximate surface area is 759 Å². The van der Waals surface area contributed by atoms with Crippen LogP contribution in [0.2, 0.25) is 30.1 Å². The molecule has 40 heteroatoms. The van der Waals surface area contributed by atoms with E-state index in [1.165, 1.54) is 0 Å². The molecule has 9 rings (SSSR count). The summed E-state index contributed by atoms with van der Waals surface area (Å²) in [6.45, 7) is 12.5. The average molecular weight is 1910 g/mol. The molecule has 3 atom stereocenters. The molecule has 0 saturated carbocycles. The van der Waals surface area contributed by atoms with Gasteiger partial charge in [-0.05, 0) is 183 Å². The molecule has 0 aliphatic carbocycles. The van der Waals surface area contributed by atoms with Gasteiger partial charge < -0.3 is 94.1 Å². The molecule has 0 bridgehead atoms. The molecule has 0 unspecified atom stereocenters. The van der Waals surface area contributed by atoms with Gasteiger partial charge in [-0.3, -0.25) is 0 Å². The van der Waals surface area contributed by atoms with Gasteiger partial charge in [-0.15, -0.1) is 0 Å². The summed E-state index contributed by atoms with van der Waals surface area (Å²) in [6.07, 6.45) is 1.87.